The van der Waals surface area contributed by atoms with Gasteiger partial charge in [-0.2, -0.15) is 5.10 Å². The molecule has 20 heavy (non-hydrogen) atoms. The van der Waals surface area contributed by atoms with E-state index in [1.807, 2.05) is 12.3 Å². The first-order chi connectivity index (χ1) is 9.71. The predicted molar refractivity (Wildman–Crippen MR) is 83.5 cm³/mol. The van der Waals surface area contributed by atoms with E-state index in [0.29, 0.717) is 6.67 Å². The lowest BCUT2D eigenvalue weighted by Crippen LogP contribution is -2.35. The third kappa shape index (κ3) is 3.04. The predicted octanol–water partition coefficient (Wildman–Crippen LogP) is 3.30. The topological polar surface area (TPSA) is 38.1 Å². The Hall–Kier alpha value is -1.33. The summed E-state index contributed by atoms with van der Waals surface area (Å²) in [6.45, 7) is 4.60. The van der Waals surface area contributed by atoms with Gasteiger partial charge in [-0.3, -0.25) is 14.4 Å². The summed E-state index contributed by atoms with van der Waals surface area (Å²) in [6.07, 6.45) is 5.36. The molecule has 2 heterocycles. The van der Waals surface area contributed by atoms with E-state index >= 15 is 0 Å². The zero-order valence-electron chi connectivity index (χ0n) is 11.7. The minimum Gasteiger partial charge on any atom is -0.290 e. The van der Waals surface area contributed by atoms with E-state index in [9.17, 15) is 4.79 Å². The maximum atomic E-state index is 12.2. The second-order valence-electron chi connectivity index (χ2n) is 4.38. The number of aryl methyl sites for hydroxylation is 2. The molecule has 4 nitrogen and oxygen atoms in total. The molecule has 0 bridgehead atoms. The molecule has 108 valence electrons. The Bertz CT molecular complexity index is 543. The van der Waals surface area contributed by atoms with Crippen molar-refractivity contribution in [2.75, 3.05) is 10.8 Å². The van der Waals surface area contributed by atoms with Gasteiger partial charge in [-0.1, -0.05) is 13.8 Å². The second kappa shape index (κ2) is 6.90. The number of rotatable bonds is 6. The van der Waals surface area contributed by atoms with E-state index in [-0.39, 0.29) is 11.8 Å². The van der Waals surface area contributed by atoms with Crippen LogP contribution in [0.25, 0.3) is 0 Å². The lowest BCUT2D eigenvalue weighted by molar-refractivity contribution is -0.116. The summed E-state index contributed by atoms with van der Waals surface area (Å²) in [7, 11) is 0. The SMILES string of the molecule is CCc1csc(CC)c1N(Cn1cccn1)C(=O)CCl. The van der Waals surface area contributed by atoms with Gasteiger partial charge in [0.05, 0.1) is 5.69 Å². The highest BCUT2D eigenvalue weighted by atomic mass is 35.5. The molecule has 2 aromatic heterocycles. The van der Waals surface area contributed by atoms with E-state index in [1.54, 1.807) is 27.1 Å². The molecule has 0 fully saturated rings. The van der Waals surface area contributed by atoms with Gasteiger partial charge in [0.15, 0.2) is 0 Å². The molecule has 2 aromatic rings. The zero-order chi connectivity index (χ0) is 14.5. The van der Waals surface area contributed by atoms with Crippen molar-refractivity contribution in [3.8, 4) is 0 Å². The van der Waals surface area contributed by atoms with Crippen molar-refractivity contribution in [2.45, 2.75) is 33.4 Å². The number of amides is 1. The number of alkyl halides is 1. The molecule has 0 N–H and O–H groups in total. The first kappa shape index (κ1) is 15.1. The molecule has 0 unspecified atom stereocenters. The van der Waals surface area contributed by atoms with Crippen molar-refractivity contribution in [3.05, 3.63) is 34.3 Å². The second-order valence-corrected chi connectivity index (χ2v) is 5.61. The molecule has 1 amide bonds. The highest BCUT2D eigenvalue weighted by molar-refractivity contribution is 7.10. The molecule has 0 radical (unpaired) electrons. The number of halogens is 1. The number of carbonyl (C=O) groups is 1. The number of thiophene rings is 1. The van der Waals surface area contributed by atoms with Gasteiger partial charge in [0.2, 0.25) is 5.91 Å². The minimum absolute atomic E-state index is 0.0244. The van der Waals surface area contributed by atoms with Gasteiger partial charge < -0.3 is 0 Å². The van der Waals surface area contributed by atoms with Crippen LogP contribution in [-0.2, 0) is 24.3 Å². The van der Waals surface area contributed by atoms with Gasteiger partial charge in [-0.25, -0.2) is 0 Å². The Morgan fingerprint density at radius 3 is 2.80 bits per heavy atom. The number of aromatic nitrogens is 2. The van der Waals surface area contributed by atoms with Crippen molar-refractivity contribution >= 4 is 34.5 Å². The molecule has 0 saturated carbocycles. The van der Waals surface area contributed by atoms with E-state index in [1.165, 1.54) is 10.4 Å². The first-order valence-electron chi connectivity index (χ1n) is 6.64. The van der Waals surface area contributed by atoms with Crippen molar-refractivity contribution in [1.82, 2.24) is 9.78 Å². The molecular weight excluding hydrogens is 294 g/mol. The fourth-order valence-electron chi connectivity index (χ4n) is 2.13. The van der Waals surface area contributed by atoms with Gasteiger partial charge >= 0.3 is 0 Å². The number of hydrogen-bond donors (Lipinski definition) is 0. The quantitative estimate of drug-likeness (QED) is 0.768. The van der Waals surface area contributed by atoms with Crippen LogP contribution in [-0.4, -0.2) is 21.6 Å². The van der Waals surface area contributed by atoms with Crippen molar-refractivity contribution < 1.29 is 4.79 Å². The summed E-state index contributed by atoms with van der Waals surface area (Å²) in [5.41, 5.74) is 2.21. The van der Waals surface area contributed by atoms with Crippen LogP contribution in [0.3, 0.4) is 0 Å². The van der Waals surface area contributed by atoms with E-state index in [0.717, 1.165) is 18.5 Å². The highest BCUT2D eigenvalue weighted by Crippen LogP contribution is 2.33. The van der Waals surface area contributed by atoms with Crippen LogP contribution in [0, 0.1) is 0 Å². The normalized spacial score (nSPS) is 10.8. The average Bonchev–Trinajstić information content (AvgIpc) is 3.12. The maximum Gasteiger partial charge on any atom is 0.243 e. The number of hydrogen-bond acceptors (Lipinski definition) is 3. The molecule has 0 spiro atoms. The van der Waals surface area contributed by atoms with Crippen LogP contribution in [0.4, 0.5) is 5.69 Å². The van der Waals surface area contributed by atoms with Crippen LogP contribution in [0.1, 0.15) is 24.3 Å². The average molecular weight is 312 g/mol. The fraction of sp³-hybridized carbons (Fsp3) is 0.429. The van der Waals surface area contributed by atoms with Crippen LogP contribution < -0.4 is 4.90 Å². The fourth-order valence-corrected chi connectivity index (χ4v) is 3.36. The molecule has 0 saturated heterocycles. The largest absolute Gasteiger partial charge is 0.290 e. The van der Waals surface area contributed by atoms with Crippen molar-refractivity contribution in [3.63, 3.8) is 0 Å². The Kier molecular flexibility index (Phi) is 5.20. The third-order valence-corrected chi connectivity index (χ3v) is 4.54. The van der Waals surface area contributed by atoms with Crippen LogP contribution in [0.2, 0.25) is 0 Å². The first-order valence-corrected chi connectivity index (χ1v) is 8.05. The summed E-state index contributed by atoms with van der Waals surface area (Å²) < 4.78 is 1.74. The van der Waals surface area contributed by atoms with Gasteiger partial charge in [0.1, 0.15) is 12.5 Å². The standard InChI is InChI=1S/C14H18ClN3OS/c1-3-11-9-20-12(4-2)14(11)18(13(19)8-15)10-17-7-5-6-16-17/h5-7,9H,3-4,8,10H2,1-2H3. The van der Waals surface area contributed by atoms with Crippen LogP contribution >= 0.6 is 22.9 Å². The smallest absolute Gasteiger partial charge is 0.243 e. The maximum absolute atomic E-state index is 12.2. The highest BCUT2D eigenvalue weighted by Gasteiger charge is 2.22. The van der Waals surface area contributed by atoms with E-state index < -0.39 is 0 Å². The lowest BCUT2D eigenvalue weighted by atomic mass is 10.1. The summed E-state index contributed by atoms with van der Waals surface area (Å²) >= 11 is 7.48. The monoisotopic (exact) mass is 311 g/mol. The molecule has 0 aliphatic carbocycles. The molecular formula is C14H18ClN3OS. The van der Waals surface area contributed by atoms with Gasteiger partial charge in [0.25, 0.3) is 0 Å². The number of anilines is 1. The zero-order valence-corrected chi connectivity index (χ0v) is 13.2. The lowest BCUT2D eigenvalue weighted by Gasteiger charge is -2.24. The van der Waals surface area contributed by atoms with Crippen molar-refractivity contribution in [1.29, 1.82) is 0 Å². The molecule has 0 aliphatic heterocycles. The van der Waals surface area contributed by atoms with Gasteiger partial charge in [-0.15, -0.1) is 22.9 Å². The summed E-state index contributed by atoms with van der Waals surface area (Å²) in [5.74, 6) is -0.117. The Balaban J connectivity index is 2.40. The van der Waals surface area contributed by atoms with Crippen LogP contribution in [0.15, 0.2) is 23.8 Å². The van der Waals surface area contributed by atoms with Gasteiger partial charge in [-0.05, 0) is 29.9 Å². The Labute approximate surface area is 128 Å². The molecule has 6 heteroatoms. The van der Waals surface area contributed by atoms with Crippen LogP contribution in [0.5, 0.6) is 0 Å². The van der Waals surface area contributed by atoms with E-state index in [4.69, 9.17) is 11.6 Å². The Morgan fingerprint density at radius 1 is 1.45 bits per heavy atom. The molecule has 2 rings (SSSR count). The number of nitrogens with zero attached hydrogens (tertiary/aromatic N) is 3. The molecule has 0 aliphatic rings. The minimum atomic E-state index is -0.0926. The summed E-state index contributed by atoms with van der Waals surface area (Å²) in [4.78, 5) is 15.2. The summed E-state index contributed by atoms with van der Waals surface area (Å²) in [6, 6.07) is 1.85. The number of carbonyl (C=O) groups excluding carboxylic acids is 1. The third-order valence-electron chi connectivity index (χ3n) is 3.14. The van der Waals surface area contributed by atoms with Crippen molar-refractivity contribution in [2.24, 2.45) is 0 Å². The van der Waals surface area contributed by atoms with Gasteiger partial charge in [0, 0.05) is 17.3 Å². The molecule has 0 atom stereocenters. The summed E-state index contributed by atoms with van der Waals surface area (Å²) in [5, 5.41) is 6.31. The Morgan fingerprint density at radius 2 is 2.25 bits per heavy atom. The van der Waals surface area contributed by atoms with E-state index in [2.05, 4.69) is 24.3 Å². The molecule has 0 aromatic carbocycles.